The summed E-state index contributed by atoms with van der Waals surface area (Å²) < 4.78 is 10.8. The second-order valence-electron chi connectivity index (χ2n) is 3.80. The van der Waals surface area contributed by atoms with Gasteiger partial charge < -0.3 is 9.05 Å². The number of hydrogen-bond donors (Lipinski definition) is 1. The SMILES string of the molecule is C=CCN[Si](C=C)(ON=C(C)C)ON=C(C)C. The molecule has 0 spiro atoms. The highest BCUT2D eigenvalue weighted by Crippen LogP contribution is 2.07. The second kappa shape index (κ2) is 7.80. The van der Waals surface area contributed by atoms with E-state index in [1.165, 1.54) is 0 Å². The van der Waals surface area contributed by atoms with E-state index in [4.69, 9.17) is 9.05 Å². The first kappa shape index (κ1) is 15.6. The van der Waals surface area contributed by atoms with Crippen LogP contribution in [0.15, 0.2) is 35.2 Å². The van der Waals surface area contributed by atoms with E-state index in [-0.39, 0.29) is 0 Å². The van der Waals surface area contributed by atoms with Gasteiger partial charge in [-0.3, -0.25) is 4.98 Å². The molecule has 0 atom stereocenters. The molecular formula is C11H21N3O2Si. The number of rotatable bonds is 8. The largest absolute Gasteiger partial charge is 0.622 e. The van der Waals surface area contributed by atoms with Crippen LogP contribution in [0.5, 0.6) is 0 Å². The number of oxime groups is 2. The van der Waals surface area contributed by atoms with Gasteiger partial charge in [-0.25, -0.2) is 0 Å². The van der Waals surface area contributed by atoms with Crippen LogP contribution in [-0.4, -0.2) is 26.7 Å². The summed E-state index contributed by atoms with van der Waals surface area (Å²) in [6.45, 7) is 15.2. The molecule has 0 heterocycles. The van der Waals surface area contributed by atoms with Crippen LogP contribution in [0.1, 0.15) is 27.7 Å². The highest BCUT2D eigenvalue weighted by atomic mass is 28.4. The average molecular weight is 255 g/mol. The molecule has 0 aliphatic rings. The van der Waals surface area contributed by atoms with Crippen LogP contribution in [0.25, 0.3) is 0 Å². The Kier molecular flexibility index (Phi) is 7.16. The summed E-state index contributed by atoms with van der Waals surface area (Å²) in [6, 6.07) is 0. The molecule has 0 unspecified atom stereocenters. The highest BCUT2D eigenvalue weighted by molar-refractivity contribution is 6.70. The normalized spacial score (nSPS) is 10.1. The van der Waals surface area contributed by atoms with Gasteiger partial charge in [-0.1, -0.05) is 12.7 Å². The van der Waals surface area contributed by atoms with Gasteiger partial charge in [-0.2, -0.15) is 0 Å². The van der Waals surface area contributed by atoms with E-state index in [1.54, 1.807) is 11.8 Å². The minimum absolute atomic E-state index is 0.537. The van der Waals surface area contributed by atoms with Crippen molar-refractivity contribution in [3.63, 3.8) is 0 Å². The Hall–Kier alpha value is -1.40. The Labute approximate surface area is 104 Å². The first-order valence-corrected chi connectivity index (χ1v) is 7.23. The molecule has 0 aromatic rings. The lowest BCUT2D eigenvalue weighted by atomic mass is 10.5. The maximum atomic E-state index is 5.41. The number of nitrogens with one attached hydrogen (secondary N) is 1. The minimum atomic E-state index is -2.85. The van der Waals surface area contributed by atoms with Crippen LogP contribution in [0, 0.1) is 0 Å². The molecule has 6 heteroatoms. The van der Waals surface area contributed by atoms with E-state index in [0.29, 0.717) is 6.54 Å². The Morgan fingerprint density at radius 1 is 1.12 bits per heavy atom. The van der Waals surface area contributed by atoms with Gasteiger partial charge in [-0.15, -0.1) is 16.9 Å². The van der Waals surface area contributed by atoms with Gasteiger partial charge in [-0.05, 0) is 33.4 Å². The Morgan fingerprint density at radius 3 is 1.88 bits per heavy atom. The lowest BCUT2D eigenvalue weighted by Crippen LogP contribution is -2.53. The molecule has 0 rings (SSSR count). The van der Waals surface area contributed by atoms with Gasteiger partial charge in [0, 0.05) is 18.0 Å². The van der Waals surface area contributed by atoms with Gasteiger partial charge in [0.1, 0.15) is 0 Å². The molecule has 0 radical (unpaired) electrons. The highest BCUT2D eigenvalue weighted by Gasteiger charge is 2.40. The lowest BCUT2D eigenvalue weighted by Gasteiger charge is -2.21. The molecule has 0 saturated carbocycles. The zero-order valence-corrected chi connectivity index (χ0v) is 12.0. The Bertz CT molecular complexity index is 299. The third-order valence-electron chi connectivity index (χ3n) is 1.49. The summed E-state index contributed by atoms with van der Waals surface area (Å²) in [7, 11) is -2.85. The average Bonchev–Trinajstić information content (AvgIpc) is 2.28. The van der Waals surface area contributed by atoms with E-state index in [2.05, 4.69) is 28.5 Å². The molecule has 96 valence electrons. The summed E-state index contributed by atoms with van der Waals surface area (Å²) in [5.74, 6) is 0. The Balaban J connectivity index is 4.85. The van der Waals surface area contributed by atoms with Crippen LogP contribution in [0.2, 0.25) is 0 Å². The molecule has 0 aliphatic heterocycles. The maximum Gasteiger partial charge on any atom is 0.622 e. The summed E-state index contributed by atoms with van der Waals surface area (Å²) in [4.78, 5) is 3.09. The third-order valence-corrected chi connectivity index (χ3v) is 3.45. The molecular weight excluding hydrogens is 234 g/mol. The van der Waals surface area contributed by atoms with Crippen LogP contribution < -0.4 is 4.98 Å². The van der Waals surface area contributed by atoms with Crippen molar-refractivity contribution in [2.24, 2.45) is 10.3 Å². The molecule has 0 aromatic heterocycles. The van der Waals surface area contributed by atoms with E-state index in [0.717, 1.165) is 11.4 Å². The van der Waals surface area contributed by atoms with Crippen LogP contribution >= 0.6 is 0 Å². The molecule has 0 aliphatic carbocycles. The maximum absolute atomic E-state index is 5.41. The Morgan fingerprint density at radius 2 is 1.59 bits per heavy atom. The number of hydrogen-bond acceptors (Lipinski definition) is 5. The second-order valence-corrected chi connectivity index (χ2v) is 6.26. The molecule has 17 heavy (non-hydrogen) atoms. The van der Waals surface area contributed by atoms with E-state index >= 15 is 0 Å². The van der Waals surface area contributed by atoms with E-state index < -0.39 is 8.72 Å². The van der Waals surface area contributed by atoms with Crippen molar-refractivity contribution >= 4 is 20.1 Å². The minimum Gasteiger partial charge on any atom is -0.389 e. The summed E-state index contributed by atoms with van der Waals surface area (Å²) in [5.41, 5.74) is 3.19. The molecule has 5 nitrogen and oxygen atoms in total. The predicted octanol–water partition coefficient (Wildman–Crippen LogP) is 2.25. The first-order valence-electron chi connectivity index (χ1n) is 5.34. The molecule has 0 fully saturated rings. The van der Waals surface area contributed by atoms with Crippen molar-refractivity contribution in [2.75, 3.05) is 6.54 Å². The zero-order chi connectivity index (χ0) is 13.3. The summed E-state index contributed by atoms with van der Waals surface area (Å²) >= 11 is 0. The van der Waals surface area contributed by atoms with Crippen LogP contribution in [0.4, 0.5) is 0 Å². The standard InChI is InChI=1S/C11H21N3O2Si/c1-7-9-12-17(8-2,15-13-10(3)4)16-14-11(5)6/h7-8,12H,1-2,9H2,3-6H3. The fourth-order valence-electron chi connectivity index (χ4n) is 0.761. The van der Waals surface area contributed by atoms with E-state index in [9.17, 15) is 0 Å². The lowest BCUT2D eigenvalue weighted by molar-refractivity contribution is 0.181. The molecule has 0 aromatic carbocycles. The zero-order valence-electron chi connectivity index (χ0n) is 11.0. The smallest absolute Gasteiger partial charge is 0.389 e. The van der Waals surface area contributed by atoms with Crippen molar-refractivity contribution in [3.05, 3.63) is 24.9 Å². The van der Waals surface area contributed by atoms with Gasteiger partial charge >= 0.3 is 8.72 Å². The van der Waals surface area contributed by atoms with Gasteiger partial charge in [0.15, 0.2) is 0 Å². The topological polar surface area (TPSA) is 55.2 Å². The van der Waals surface area contributed by atoms with Crippen LogP contribution in [0.3, 0.4) is 0 Å². The molecule has 0 amide bonds. The predicted molar refractivity (Wildman–Crippen MR) is 73.9 cm³/mol. The first-order chi connectivity index (χ1) is 7.95. The molecule has 1 N–H and O–H groups in total. The fraction of sp³-hybridized carbons (Fsp3) is 0.455. The van der Waals surface area contributed by atoms with Gasteiger partial charge in [0.2, 0.25) is 0 Å². The number of nitrogens with zero attached hydrogens (tertiary/aromatic N) is 2. The van der Waals surface area contributed by atoms with Crippen molar-refractivity contribution in [2.45, 2.75) is 27.7 Å². The quantitative estimate of drug-likeness (QED) is 0.313. The van der Waals surface area contributed by atoms with Crippen molar-refractivity contribution < 1.29 is 9.05 Å². The molecule has 0 bridgehead atoms. The monoisotopic (exact) mass is 255 g/mol. The van der Waals surface area contributed by atoms with E-state index in [1.807, 2.05) is 27.7 Å². The van der Waals surface area contributed by atoms with Crippen LogP contribution in [-0.2, 0) is 9.05 Å². The fourth-order valence-corrected chi connectivity index (χ4v) is 2.28. The summed E-state index contributed by atoms with van der Waals surface area (Å²) in [5, 5.41) is 7.83. The molecule has 0 saturated heterocycles. The third kappa shape index (κ3) is 6.70. The van der Waals surface area contributed by atoms with Gasteiger partial charge in [0.25, 0.3) is 0 Å². The van der Waals surface area contributed by atoms with Crippen molar-refractivity contribution in [1.29, 1.82) is 0 Å². The summed E-state index contributed by atoms with van der Waals surface area (Å²) in [6.07, 6.45) is 1.71. The van der Waals surface area contributed by atoms with Crippen molar-refractivity contribution in [3.8, 4) is 0 Å². The van der Waals surface area contributed by atoms with Crippen molar-refractivity contribution in [1.82, 2.24) is 4.98 Å². The van der Waals surface area contributed by atoms with Gasteiger partial charge in [0.05, 0.1) is 0 Å².